The molecular formula is C22H31N3O5S. The van der Waals surface area contributed by atoms with Crippen molar-refractivity contribution in [3.8, 4) is 11.5 Å². The van der Waals surface area contributed by atoms with Crippen molar-refractivity contribution in [2.24, 2.45) is 0 Å². The molecule has 3 aliphatic rings. The summed E-state index contributed by atoms with van der Waals surface area (Å²) in [6.45, 7) is 9.00. The first-order chi connectivity index (χ1) is 14.9. The molecule has 0 aromatic heterocycles. The van der Waals surface area contributed by atoms with Crippen LogP contribution in [0.1, 0.15) is 41.6 Å². The quantitative estimate of drug-likeness (QED) is 0.637. The lowest BCUT2D eigenvalue weighted by Gasteiger charge is -2.30. The molecule has 2 amide bonds. The first-order valence-electron chi connectivity index (χ1n) is 10.7. The summed E-state index contributed by atoms with van der Waals surface area (Å²) in [4.78, 5) is 30.7. The van der Waals surface area contributed by atoms with Crippen LogP contribution in [-0.2, 0) is 9.53 Å². The Hall–Kier alpha value is -1.97. The maximum absolute atomic E-state index is 13.4. The van der Waals surface area contributed by atoms with Gasteiger partial charge in [-0.1, -0.05) is 6.07 Å². The summed E-state index contributed by atoms with van der Waals surface area (Å²) in [6.07, 6.45) is 0.870. The van der Waals surface area contributed by atoms with E-state index in [1.807, 2.05) is 26.0 Å². The van der Waals surface area contributed by atoms with Gasteiger partial charge in [0, 0.05) is 29.9 Å². The van der Waals surface area contributed by atoms with Gasteiger partial charge in [0.05, 0.1) is 33.0 Å². The predicted octanol–water partition coefficient (Wildman–Crippen LogP) is 1.89. The van der Waals surface area contributed by atoms with Gasteiger partial charge in [-0.05, 0) is 32.9 Å². The first kappa shape index (κ1) is 22.2. The average Bonchev–Trinajstić information content (AvgIpc) is 3.20. The molecule has 1 aromatic rings. The molecule has 0 saturated carbocycles. The average molecular weight is 450 g/mol. The smallest absolute Gasteiger partial charge is 0.260 e. The van der Waals surface area contributed by atoms with Crippen molar-refractivity contribution >= 4 is 23.6 Å². The van der Waals surface area contributed by atoms with Gasteiger partial charge in [0.1, 0.15) is 11.4 Å². The summed E-state index contributed by atoms with van der Waals surface area (Å²) in [5, 5.41) is 2.86. The van der Waals surface area contributed by atoms with Crippen LogP contribution in [0.4, 0.5) is 0 Å². The highest BCUT2D eigenvalue weighted by molar-refractivity contribution is 8.01. The standard InChI is InChI=1S/C22H31N3O5S/c1-22(2)18(19(26)23-8-5-9-24-10-12-30-13-11-24)25-20(27)16-14(21(25)31-22)6-7-15(28-3)17(16)29-4/h6-7,18,21H,5,8-13H2,1-4H3,(H,23,26). The van der Waals surface area contributed by atoms with E-state index in [0.29, 0.717) is 23.6 Å². The Morgan fingerprint density at radius 3 is 2.68 bits per heavy atom. The Morgan fingerprint density at radius 2 is 2.00 bits per heavy atom. The number of carbonyl (C=O) groups is 2. The minimum absolute atomic E-state index is 0.103. The molecule has 0 spiro atoms. The van der Waals surface area contributed by atoms with Gasteiger partial charge in [0.2, 0.25) is 5.91 Å². The van der Waals surface area contributed by atoms with E-state index in [4.69, 9.17) is 14.2 Å². The number of nitrogens with one attached hydrogen (secondary N) is 1. The van der Waals surface area contributed by atoms with Gasteiger partial charge < -0.3 is 24.4 Å². The molecule has 2 unspecified atom stereocenters. The summed E-state index contributed by atoms with van der Waals surface area (Å²) < 4.78 is 15.8. The first-order valence-corrected chi connectivity index (χ1v) is 11.6. The van der Waals surface area contributed by atoms with Gasteiger partial charge in [0.25, 0.3) is 5.91 Å². The highest BCUT2D eigenvalue weighted by Gasteiger charge is 2.58. The molecule has 2 atom stereocenters. The van der Waals surface area contributed by atoms with Gasteiger partial charge in [-0.15, -0.1) is 11.8 Å². The Balaban J connectivity index is 1.47. The molecule has 170 valence electrons. The number of morpholine rings is 1. The highest BCUT2D eigenvalue weighted by Crippen LogP contribution is 2.58. The normalized spacial score (nSPS) is 24.6. The van der Waals surface area contributed by atoms with E-state index in [9.17, 15) is 9.59 Å². The van der Waals surface area contributed by atoms with Crippen LogP contribution >= 0.6 is 11.8 Å². The van der Waals surface area contributed by atoms with E-state index in [-0.39, 0.29) is 17.2 Å². The molecule has 0 aliphatic carbocycles. The fourth-order valence-corrected chi connectivity index (χ4v) is 6.27. The van der Waals surface area contributed by atoms with Crippen molar-refractivity contribution in [3.63, 3.8) is 0 Å². The third-order valence-corrected chi connectivity index (χ3v) is 7.73. The van der Waals surface area contributed by atoms with E-state index in [0.717, 1.165) is 44.8 Å². The molecule has 0 radical (unpaired) electrons. The lowest BCUT2D eigenvalue weighted by molar-refractivity contribution is -0.126. The Morgan fingerprint density at radius 1 is 1.26 bits per heavy atom. The number of hydrogen-bond acceptors (Lipinski definition) is 7. The van der Waals surface area contributed by atoms with Gasteiger partial charge in [0.15, 0.2) is 11.5 Å². The monoisotopic (exact) mass is 449 g/mol. The van der Waals surface area contributed by atoms with E-state index in [1.54, 1.807) is 23.8 Å². The number of fused-ring (bicyclic) bond motifs is 3. The van der Waals surface area contributed by atoms with Gasteiger partial charge in [-0.3, -0.25) is 14.5 Å². The van der Waals surface area contributed by atoms with Crippen molar-refractivity contribution in [3.05, 3.63) is 23.3 Å². The molecule has 2 saturated heterocycles. The van der Waals surface area contributed by atoms with Crippen molar-refractivity contribution in [2.45, 2.75) is 36.4 Å². The van der Waals surface area contributed by atoms with E-state index in [2.05, 4.69) is 10.2 Å². The second-order valence-electron chi connectivity index (χ2n) is 8.55. The third-order valence-electron chi connectivity index (χ3n) is 6.20. The highest BCUT2D eigenvalue weighted by atomic mass is 32.2. The van der Waals surface area contributed by atoms with Crippen LogP contribution in [0.5, 0.6) is 11.5 Å². The van der Waals surface area contributed by atoms with Gasteiger partial charge in [-0.25, -0.2) is 0 Å². The van der Waals surface area contributed by atoms with E-state index in [1.165, 1.54) is 7.11 Å². The number of amides is 2. The van der Waals surface area contributed by atoms with Crippen LogP contribution in [-0.4, -0.2) is 86.0 Å². The number of hydrogen-bond donors (Lipinski definition) is 1. The van der Waals surface area contributed by atoms with Crippen LogP contribution in [0.15, 0.2) is 12.1 Å². The third kappa shape index (κ3) is 3.99. The number of benzene rings is 1. The fraction of sp³-hybridized carbons (Fsp3) is 0.636. The fourth-order valence-electron chi connectivity index (χ4n) is 4.69. The van der Waals surface area contributed by atoms with Crippen molar-refractivity contribution in [1.82, 2.24) is 15.1 Å². The Labute approximate surface area is 187 Å². The van der Waals surface area contributed by atoms with Crippen LogP contribution in [0.2, 0.25) is 0 Å². The zero-order chi connectivity index (χ0) is 22.2. The van der Waals surface area contributed by atoms with Crippen LogP contribution < -0.4 is 14.8 Å². The lowest BCUT2D eigenvalue weighted by atomic mass is 10.0. The zero-order valence-corrected chi connectivity index (χ0v) is 19.4. The minimum Gasteiger partial charge on any atom is -0.493 e. The molecule has 1 aromatic carbocycles. The topological polar surface area (TPSA) is 80.3 Å². The van der Waals surface area contributed by atoms with Crippen LogP contribution in [0.25, 0.3) is 0 Å². The molecule has 4 rings (SSSR count). The Bertz CT molecular complexity index is 856. The van der Waals surface area contributed by atoms with Crippen LogP contribution in [0.3, 0.4) is 0 Å². The summed E-state index contributed by atoms with van der Waals surface area (Å²) in [5.41, 5.74) is 1.38. The second-order valence-corrected chi connectivity index (χ2v) is 10.3. The summed E-state index contributed by atoms with van der Waals surface area (Å²) in [7, 11) is 3.08. The second kappa shape index (κ2) is 8.88. The predicted molar refractivity (Wildman–Crippen MR) is 119 cm³/mol. The summed E-state index contributed by atoms with van der Waals surface area (Å²) in [6, 6.07) is 3.17. The molecule has 3 heterocycles. The summed E-state index contributed by atoms with van der Waals surface area (Å²) in [5.74, 6) is 0.669. The number of rotatable bonds is 7. The molecule has 0 bridgehead atoms. The molecule has 9 heteroatoms. The number of carbonyl (C=O) groups excluding carboxylic acids is 2. The lowest BCUT2D eigenvalue weighted by Crippen LogP contribution is -2.52. The van der Waals surface area contributed by atoms with Gasteiger partial charge >= 0.3 is 0 Å². The molecule has 2 fully saturated rings. The Kier molecular flexibility index (Phi) is 6.37. The molecule has 1 N–H and O–H groups in total. The molecule has 3 aliphatic heterocycles. The number of thioether (sulfide) groups is 1. The number of nitrogens with zero attached hydrogens (tertiary/aromatic N) is 2. The van der Waals surface area contributed by atoms with Crippen molar-refractivity contribution in [1.29, 1.82) is 0 Å². The summed E-state index contributed by atoms with van der Waals surface area (Å²) >= 11 is 1.64. The van der Waals surface area contributed by atoms with Gasteiger partial charge in [-0.2, -0.15) is 0 Å². The molecule has 8 nitrogen and oxygen atoms in total. The van der Waals surface area contributed by atoms with E-state index >= 15 is 0 Å². The molecular weight excluding hydrogens is 418 g/mol. The molecule has 31 heavy (non-hydrogen) atoms. The zero-order valence-electron chi connectivity index (χ0n) is 18.6. The largest absolute Gasteiger partial charge is 0.493 e. The van der Waals surface area contributed by atoms with E-state index < -0.39 is 10.8 Å². The van der Waals surface area contributed by atoms with Crippen LogP contribution in [0, 0.1) is 0 Å². The minimum atomic E-state index is -0.554. The number of ether oxygens (including phenoxy) is 3. The SMILES string of the molecule is COc1ccc2c(c1OC)C(=O)N1C2SC(C)(C)C1C(=O)NCCCN1CCOCC1. The van der Waals surface area contributed by atoms with Crippen molar-refractivity contribution in [2.75, 3.05) is 53.6 Å². The maximum Gasteiger partial charge on any atom is 0.260 e. The number of methoxy groups -OCH3 is 2. The van der Waals surface area contributed by atoms with Crippen molar-refractivity contribution < 1.29 is 23.8 Å². The maximum atomic E-state index is 13.4.